The fraction of sp³-hybridized carbons (Fsp3) is 0.600. The van der Waals surface area contributed by atoms with Crippen molar-refractivity contribution in [1.29, 1.82) is 0 Å². The minimum Gasteiger partial charge on any atom is -0.329 e. The van der Waals surface area contributed by atoms with Crippen LogP contribution in [0.3, 0.4) is 0 Å². The van der Waals surface area contributed by atoms with Crippen molar-refractivity contribution in [3.05, 3.63) is 35.1 Å². The standard InChI is InChI=1S/C15H23FN2/c1-11-9-13(6-7-14(11)16)15(10-17)18-8-4-3-5-12(18)2/h6-7,9,12,15H,3-5,8,10,17H2,1-2H3. The zero-order chi connectivity index (χ0) is 13.1. The normalized spacial score (nSPS) is 23.0. The van der Waals surface area contributed by atoms with Crippen LogP contribution in [0, 0.1) is 12.7 Å². The number of hydrogen-bond acceptors (Lipinski definition) is 2. The molecule has 0 spiro atoms. The third-order valence-corrected chi connectivity index (χ3v) is 4.04. The summed E-state index contributed by atoms with van der Waals surface area (Å²) in [6.07, 6.45) is 3.77. The smallest absolute Gasteiger partial charge is 0.126 e. The van der Waals surface area contributed by atoms with Crippen LogP contribution in [0.5, 0.6) is 0 Å². The van der Waals surface area contributed by atoms with Crippen molar-refractivity contribution in [1.82, 2.24) is 4.90 Å². The summed E-state index contributed by atoms with van der Waals surface area (Å²) in [5.41, 5.74) is 7.80. The number of likely N-dealkylation sites (tertiary alicyclic amines) is 1. The predicted molar refractivity (Wildman–Crippen MR) is 73.0 cm³/mol. The molecule has 2 N–H and O–H groups in total. The molecule has 0 aliphatic carbocycles. The van der Waals surface area contributed by atoms with E-state index >= 15 is 0 Å². The van der Waals surface area contributed by atoms with Crippen LogP contribution in [0.25, 0.3) is 0 Å². The molecule has 1 aliphatic heterocycles. The zero-order valence-corrected chi connectivity index (χ0v) is 11.3. The highest BCUT2D eigenvalue weighted by atomic mass is 19.1. The summed E-state index contributed by atoms with van der Waals surface area (Å²) in [5.74, 6) is -0.138. The maximum atomic E-state index is 13.3. The summed E-state index contributed by atoms with van der Waals surface area (Å²) in [5, 5.41) is 0. The van der Waals surface area contributed by atoms with E-state index in [2.05, 4.69) is 11.8 Å². The van der Waals surface area contributed by atoms with E-state index in [1.165, 1.54) is 19.3 Å². The van der Waals surface area contributed by atoms with Gasteiger partial charge in [0.25, 0.3) is 0 Å². The Hall–Kier alpha value is -0.930. The number of nitrogens with two attached hydrogens (primary N) is 1. The van der Waals surface area contributed by atoms with E-state index in [-0.39, 0.29) is 11.9 Å². The number of hydrogen-bond donors (Lipinski definition) is 1. The Morgan fingerprint density at radius 3 is 2.83 bits per heavy atom. The van der Waals surface area contributed by atoms with Gasteiger partial charge in [0.05, 0.1) is 0 Å². The summed E-state index contributed by atoms with van der Waals surface area (Å²) >= 11 is 0. The van der Waals surface area contributed by atoms with Crippen molar-refractivity contribution in [3.8, 4) is 0 Å². The van der Waals surface area contributed by atoms with E-state index in [0.29, 0.717) is 18.2 Å². The molecule has 1 saturated heterocycles. The average Bonchev–Trinajstić information content (AvgIpc) is 2.37. The second-order valence-corrected chi connectivity index (χ2v) is 5.34. The Balaban J connectivity index is 2.23. The molecular formula is C15H23FN2. The fourth-order valence-electron chi connectivity index (χ4n) is 2.92. The first-order chi connectivity index (χ1) is 8.63. The van der Waals surface area contributed by atoms with Crippen LogP contribution in [0.2, 0.25) is 0 Å². The summed E-state index contributed by atoms with van der Waals surface area (Å²) < 4.78 is 13.3. The van der Waals surface area contributed by atoms with Crippen molar-refractivity contribution >= 4 is 0 Å². The quantitative estimate of drug-likeness (QED) is 0.893. The molecule has 18 heavy (non-hydrogen) atoms. The first-order valence-electron chi connectivity index (χ1n) is 6.85. The predicted octanol–water partition coefficient (Wildman–Crippen LogP) is 3.01. The summed E-state index contributed by atoms with van der Waals surface area (Å²) in [6.45, 7) is 5.76. The first kappa shape index (κ1) is 13.5. The molecule has 1 fully saturated rings. The number of piperidine rings is 1. The molecule has 0 bridgehead atoms. The molecule has 0 saturated carbocycles. The van der Waals surface area contributed by atoms with Gasteiger partial charge >= 0.3 is 0 Å². The van der Waals surface area contributed by atoms with E-state index in [1.807, 2.05) is 19.1 Å². The SMILES string of the molecule is Cc1cc(C(CN)N2CCCCC2C)ccc1F. The van der Waals surface area contributed by atoms with Crippen molar-refractivity contribution in [3.63, 3.8) is 0 Å². The van der Waals surface area contributed by atoms with Gasteiger partial charge in [-0.1, -0.05) is 18.6 Å². The van der Waals surface area contributed by atoms with Gasteiger partial charge in [0.15, 0.2) is 0 Å². The molecule has 0 radical (unpaired) electrons. The molecule has 2 unspecified atom stereocenters. The van der Waals surface area contributed by atoms with Gasteiger partial charge in [-0.05, 0) is 50.4 Å². The number of rotatable bonds is 3. The van der Waals surface area contributed by atoms with Crippen LogP contribution in [-0.4, -0.2) is 24.0 Å². The summed E-state index contributed by atoms with van der Waals surface area (Å²) in [4.78, 5) is 2.47. The average molecular weight is 250 g/mol. The second kappa shape index (κ2) is 5.81. The topological polar surface area (TPSA) is 29.3 Å². The number of benzene rings is 1. The van der Waals surface area contributed by atoms with Gasteiger partial charge < -0.3 is 5.73 Å². The molecule has 3 heteroatoms. The van der Waals surface area contributed by atoms with E-state index in [0.717, 1.165) is 12.1 Å². The molecule has 1 aliphatic rings. The van der Waals surface area contributed by atoms with E-state index in [1.54, 1.807) is 6.07 Å². The lowest BCUT2D eigenvalue weighted by molar-refractivity contribution is 0.109. The lowest BCUT2D eigenvalue weighted by Gasteiger charge is -2.39. The molecule has 0 amide bonds. The van der Waals surface area contributed by atoms with Gasteiger partial charge in [0.1, 0.15) is 5.82 Å². The Morgan fingerprint density at radius 2 is 2.22 bits per heavy atom. The van der Waals surface area contributed by atoms with E-state index in [4.69, 9.17) is 5.73 Å². The third kappa shape index (κ3) is 2.73. The molecule has 1 heterocycles. The van der Waals surface area contributed by atoms with Gasteiger partial charge in [-0.2, -0.15) is 0 Å². The lowest BCUT2D eigenvalue weighted by Crippen LogP contribution is -2.43. The van der Waals surface area contributed by atoms with Crippen LogP contribution in [0.4, 0.5) is 4.39 Å². The van der Waals surface area contributed by atoms with E-state index in [9.17, 15) is 4.39 Å². The number of aryl methyl sites for hydroxylation is 1. The monoisotopic (exact) mass is 250 g/mol. The molecule has 2 atom stereocenters. The summed E-state index contributed by atoms with van der Waals surface area (Å²) in [7, 11) is 0. The third-order valence-electron chi connectivity index (χ3n) is 4.04. The Kier molecular flexibility index (Phi) is 4.36. The lowest BCUT2D eigenvalue weighted by atomic mass is 9.96. The molecule has 1 aromatic carbocycles. The van der Waals surface area contributed by atoms with Crippen molar-refractivity contribution in [2.45, 2.75) is 45.2 Å². The van der Waals surface area contributed by atoms with Crippen LogP contribution in [-0.2, 0) is 0 Å². The summed E-state index contributed by atoms with van der Waals surface area (Å²) in [6, 6.07) is 6.16. The van der Waals surface area contributed by atoms with Gasteiger partial charge in [0, 0.05) is 18.6 Å². The highest BCUT2D eigenvalue weighted by Gasteiger charge is 2.26. The van der Waals surface area contributed by atoms with Crippen LogP contribution >= 0.6 is 0 Å². The second-order valence-electron chi connectivity index (χ2n) is 5.34. The molecule has 2 nitrogen and oxygen atoms in total. The Bertz CT molecular complexity index is 405. The molecule has 1 aromatic rings. The Labute approximate surface area is 109 Å². The van der Waals surface area contributed by atoms with Crippen molar-refractivity contribution in [2.75, 3.05) is 13.1 Å². The van der Waals surface area contributed by atoms with Gasteiger partial charge in [0.2, 0.25) is 0 Å². The first-order valence-corrected chi connectivity index (χ1v) is 6.85. The van der Waals surface area contributed by atoms with Gasteiger partial charge in [-0.15, -0.1) is 0 Å². The van der Waals surface area contributed by atoms with E-state index < -0.39 is 0 Å². The minimum absolute atomic E-state index is 0.138. The highest BCUT2D eigenvalue weighted by Crippen LogP contribution is 2.28. The molecular weight excluding hydrogens is 227 g/mol. The minimum atomic E-state index is -0.138. The maximum absolute atomic E-state index is 13.3. The van der Waals surface area contributed by atoms with Crippen LogP contribution < -0.4 is 5.73 Å². The molecule has 0 aromatic heterocycles. The van der Waals surface area contributed by atoms with Crippen molar-refractivity contribution in [2.24, 2.45) is 5.73 Å². The largest absolute Gasteiger partial charge is 0.329 e. The van der Waals surface area contributed by atoms with Crippen molar-refractivity contribution < 1.29 is 4.39 Å². The van der Waals surface area contributed by atoms with Crippen LogP contribution in [0.1, 0.15) is 43.4 Å². The highest BCUT2D eigenvalue weighted by molar-refractivity contribution is 5.27. The zero-order valence-electron chi connectivity index (χ0n) is 11.3. The number of halogens is 1. The van der Waals surface area contributed by atoms with Gasteiger partial charge in [-0.25, -0.2) is 4.39 Å². The van der Waals surface area contributed by atoms with Crippen LogP contribution in [0.15, 0.2) is 18.2 Å². The Morgan fingerprint density at radius 1 is 1.44 bits per heavy atom. The fourth-order valence-corrected chi connectivity index (χ4v) is 2.92. The van der Waals surface area contributed by atoms with Gasteiger partial charge in [-0.3, -0.25) is 4.90 Å². The number of nitrogens with zero attached hydrogens (tertiary/aromatic N) is 1. The molecule has 100 valence electrons. The molecule has 2 rings (SSSR count). The maximum Gasteiger partial charge on any atom is 0.126 e.